The van der Waals surface area contributed by atoms with Gasteiger partial charge in [-0.2, -0.15) is 0 Å². The monoisotopic (exact) mass is 721 g/mol. The van der Waals surface area contributed by atoms with Gasteiger partial charge in [0.05, 0.1) is 22.7 Å². The highest BCUT2D eigenvalue weighted by Crippen LogP contribution is 2.78. The Labute approximate surface area is 309 Å². The lowest BCUT2D eigenvalue weighted by atomic mass is 9.36. The quantitative estimate of drug-likeness (QED) is 0.0983. The van der Waals surface area contributed by atoms with Crippen molar-refractivity contribution in [3.8, 4) is 0 Å². The minimum absolute atomic E-state index is 0.0892. The van der Waals surface area contributed by atoms with Crippen LogP contribution in [0, 0.1) is 58.2 Å². The van der Waals surface area contributed by atoms with Crippen LogP contribution in [0.4, 0.5) is 0 Å². The average Bonchev–Trinajstić information content (AvgIpc) is 3.79. The van der Waals surface area contributed by atoms with Crippen LogP contribution in [0.25, 0.3) is 0 Å². The molecular formula is C43H63NO8. The van der Waals surface area contributed by atoms with Gasteiger partial charge in [0.1, 0.15) is 11.9 Å². The Morgan fingerprint density at radius 2 is 1.81 bits per heavy atom. The van der Waals surface area contributed by atoms with Gasteiger partial charge in [-0.15, -0.1) is 0 Å². The van der Waals surface area contributed by atoms with E-state index in [0.717, 1.165) is 43.2 Å². The number of esters is 1. The molecule has 0 unspecified atom stereocenters. The predicted octanol–water partition coefficient (Wildman–Crippen LogP) is 4.79. The lowest BCUT2D eigenvalue weighted by Gasteiger charge is -2.72. The molecule has 9 nitrogen and oxygen atoms in total. The molecule has 1 aliphatic heterocycles. The molecule has 7 fully saturated rings. The molecule has 0 aromatic heterocycles. The summed E-state index contributed by atoms with van der Waals surface area (Å²) >= 11 is 0. The summed E-state index contributed by atoms with van der Waals surface area (Å²) in [7, 11) is 1.70. The van der Waals surface area contributed by atoms with Gasteiger partial charge in [0.2, 0.25) is 0 Å². The highest BCUT2D eigenvalue weighted by atomic mass is 16.6. The number of methoxy groups -OCH3 is 1. The lowest BCUT2D eigenvalue weighted by Crippen LogP contribution is -2.80. The molecule has 14 atom stereocenters. The van der Waals surface area contributed by atoms with Crippen LogP contribution in [0.3, 0.4) is 0 Å². The smallest absolute Gasteiger partial charge is 0.332 e. The van der Waals surface area contributed by atoms with E-state index in [4.69, 9.17) is 9.47 Å². The van der Waals surface area contributed by atoms with Crippen molar-refractivity contribution < 1.29 is 39.5 Å². The van der Waals surface area contributed by atoms with Gasteiger partial charge < -0.3 is 40.0 Å². The number of nitrogens with one attached hydrogen (secondary N) is 1. The Hall–Kier alpha value is -1.62. The second-order valence-corrected chi connectivity index (χ2v) is 19.4. The van der Waals surface area contributed by atoms with Gasteiger partial charge >= 0.3 is 5.97 Å². The molecule has 0 saturated heterocycles. The molecule has 2 bridgehead atoms. The van der Waals surface area contributed by atoms with E-state index in [1.807, 2.05) is 0 Å². The zero-order valence-electron chi connectivity index (χ0n) is 31.5. The summed E-state index contributed by atoms with van der Waals surface area (Å²) in [5.74, 6) is -0.591. The Kier molecular flexibility index (Phi) is 8.62. The van der Waals surface area contributed by atoms with E-state index in [0.29, 0.717) is 88.7 Å². The molecule has 288 valence electrons. The van der Waals surface area contributed by atoms with Crippen LogP contribution in [-0.4, -0.2) is 88.0 Å². The normalized spacial score (nSPS) is 51.1. The first-order valence-corrected chi connectivity index (χ1v) is 21.1. The van der Waals surface area contributed by atoms with Gasteiger partial charge in [-0.1, -0.05) is 38.7 Å². The highest BCUT2D eigenvalue weighted by Gasteiger charge is 2.83. The second kappa shape index (κ2) is 12.4. The maximum Gasteiger partial charge on any atom is 0.332 e. The number of fused-ring (bicyclic) bond motifs is 3. The number of aldehydes is 1. The Morgan fingerprint density at radius 1 is 1.00 bits per heavy atom. The number of hydrogen-bond donors (Lipinski definition) is 5. The number of allylic oxidation sites excluding steroid dienone is 1. The van der Waals surface area contributed by atoms with Crippen LogP contribution in [0.5, 0.6) is 0 Å². The van der Waals surface area contributed by atoms with Crippen molar-refractivity contribution in [3.63, 3.8) is 0 Å². The Bertz CT molecular complexity index is 1520. The molecule has 0 aromatic carbocycles. The number of rotatable bonds is 9. The van der Waals surface area contributed by atoms with Gasteiger partial charge in [0, 0.05) is 43.6 Å². The molecule has 52 heavy (non-hydrogen) atoms. The molecule has 1 heterocycles. The molecule has 9 rings (SSSR count). The molecule has 0 amide bonds. The molecular weight excluding hydrogens is 658 g/mol. The van der Waals surface area contributed by atoms with Gasteiger partial charge in [0.25, 0.3) is 0 Å². The fraction of sp³-hybridized carbons (Fsp3) is 0.860. The van der Waals surface area contributed by atoms with E-state index in [1.54, 1.807) is 13.2 Å². The number of hydrogen-bond acceptors (Lipinski definition) is 9. The Balaban J connectivity index is 1.14. The first kappa shape index (κ1) is 36.0. The lowest BCUT2D eigenvalue weighted by molar-refractivity contribution is -0.343. The molecule has 5 N–H and O–H groups in total. The van der Waals surface area contributed by atoms with Crippen molar-refractivity contribution >= 4 is 12.3 Å². The summed E-state index contributed by atoms with van der Waals surface area (Å²) in [6, 6.07) is 0. The number of carbonyl (C=O) groups excluding carboxylic acids is 2. The average molecular weight is 722 g/mol. The van der Waals surface area contributed by atoms with Gasteiger partial charge in [-0.25, -0.2) is 4.79 Å². The van der Waals surface area contributed by atoms with Crippen LogP contribution >= 0.6 is 0 Å². The summed E-state index contributed by atoms with van der Waals surface area (Å²) in [6.07, 6.45) is 17.0. The highest BCUT2D eigenvalue weighted by molar-refractivity contribution is 5.88. The summed E-state index contributed by atoms with van der Waals surface area (Å²) in [6.45, 7) is 4.38. The van der Waals surface area contributed by atoms with Crippen LogP contribution in [-0.2, 0) is 19.1 Å². The number of aliphatic hydroxyl groups excluding tert-OH is 1. The van der Waals surface area contributed by atoms with Crippen LogP contribution in [0.1, 0.15) is 116 Å². The third-order valence-electron chi connectivity index (χ3n) is 18.0. The standard InChI is InChI=1S/C43H63NO8/c1-26(27-7-3-4-8-27)28-9-10-32-34(46)11-15-39(25-45)35-12-16-38-13-5-14-40-31(24-44-17-6-18-51-2)20-29(37(38)33(40)21-36(47)52-40)22-42(38,49)41(35,48)23-30(19-28)43(32,39)50/h20-21,25-30,32,34-35,37,44,46,48-50H,3-19,22-24H2,1-2H3/t26-,28-,29-,30-,32-,34-,35+,37+,38+,39-,40+,41-,42+,43-/m0/s1. The first-order valence-electron chi connectivity index (χ1n) is 21.1. The van der Waals surface area contributed by atoms with Gasteiger partial charge in [0.15, 0.2) is 5.60 Å². The summed E-state index contributed by atoms with van der Waals surface area (Å²) < 4.78 is 11.6. The second-order valence-electron chi connectivity index (χ2n) is 19.4. The summed E-state index contributed by atoms with van der Waals surface area (Å²) in [5.41, 5.74) is -5.31. The number of carbonyl (C=O) groups is 2. The van der Waals surface area contributed by atoms with E-state index in [-0.39, 0.29) is 24.2 Å². The van der Waals surface area contributed by atoms with Crippen molar-refractivity contribution in [2.45, 2.75) is 145 Å². The van der Waals surface area contributed by atoms with Crippen molar-refractivity contribution in [1.29, 1.82) is 0 Å². The van der Waals surface area contributed by atoms with Crippen molar-refractivity contribution in [2.75, 3.05) is 26.8 Å². The van der Waals surface area contributed by atoms with E-state index in [9.17, 15) is 30.0 Å². The molecule has 0 aromatic rings. The molecule has 1 spiro atoms. The molecule has 8 aliphatic carbocycles. The van der Waals surface area contributed by atoms with E-state index < -0.39 is 57.1 Å². The zero-order chi connectivity index (χ0) is 36.3. The van der Waals surface area contributed by atoms with Gasteiger partial charge in [-0.05, 0) is 137 Å². The van der Waals surface area contributed by atoms with E-state index in [2.05, 4.69) is 18.3 Å². The number of aliphatic hydroxyl groups is 4. The van der Waals surface area contributed by atoms with Crippen molar-refractivity contribution in [3.05, 3.63) is 23.3 Å². The number of ether oxygens (including phenoxy) is 2. The van der Waals surface area contributed by atoms with Crippen LogP contribution in [0.15, 0.2) is 23.3 Å². The molecule has 9 aliphatic rings. The predicted molar refractivity (Wildman–Crippen MR) is 194 cm³/mol. The summed E-state index contributed by atoms with van der Waals surface area (Å²) in [4.78, 5) is 27.2. The van der Waals surface area contributed by atoms with Crippen LogP contribution < -0.4 is 5.32 Å². The van der Waals surface area contributed by atoms with Gasteiger partial charge in [-0.3, -0.25) is 0 Å². The zero-order valence-corrected chi connectivity index (χ0v) is 31.5. The first-order chi connectivity index (χ1) is 24.9. The molecule has 0 radical (unpaired) electrons. The third-order valence-corrected chi connectivity index (χ3v) is 18.0. The minimum atomic E-state index is -1.61. The fourth-order valence-corrected chi connectivity index (χ4v) is 15.9. The SMILES string of the molecule is COCCCNCC1=C[C@H]2C[C@@]3(O)[C@]4(CCC[C@@]15OC(=O)C=C5[C@@H]24)CC[C@H]1[C@@]3(O)C[C@@H]2C[C@@H]([C@@H](C)C3CCCC3)CC[C@H]3[C@@H](O)CC[C@@]1(C=O)[C@]23O. The molecule has 7 saturated carbocycles. The minimum Gasteiger partial charge on any atom is -0.447 e. The maximum absolute atomic E-state index is 13.9. The van der Waals surface area contributed by atoms with Crippen molar-refractivity contribution in [2.24, 2.45) is 58.2 Å². The topological polar surface area (TPSA) is 146 Å². The van der Waals surface area contributed by atoms with E-state index in [1.165, 1.54) is 25.7 Å². The fourth-order valence-electron chi connectivity index (χ4n) is 15.9. The third kappa shape index (κ3) is 4.44. The summed E-state index contributed by atoms with van der Waals surface area (Å²) in [5, 5.41) is 56.1. The molecule has 9 heteroatoms. The van der Waals surface area contributed by atoms with E-state index >= 15 is 0 Å². The largest absolute Gasteiger partial charge is 0.447 e. The Morgan fingerprint density at radius 3 is 2.58 bits per heavy atom. The van der Waals surface area contributed by atoms with Crippen molar-refractivity contribution in [1.82, 2.24) is 5.32 Å². The maximum atomic E-state index is 13.9. The van der Waals surface area contributed by atoms with Crippen LogP contribution in [0.2, 0.25) is 0 Å².